The molecule has 0 amide bonds. The molecule has 0 radical (unpaired) electrons. The van der Waals surface area contributed by atoms with Gasteiger partial charge in [0.15, 0.2) is 0 Å². The molecule has 0 bridgehead atoms. The van der Waals surface area contributed by atoms with Crippen molar-refractivity contribution in [3.63, 3.8) is 0 Å². The van der Waals surface area contributed by atoms with E-state index in [1.54, 1.807) is 0 Å². The normalized spacial score (nSPS) is 13.7. The third-order valence-corrected chi connectivity index (χ3v) is 5.65. The Balaban J connectivity index is 0.00000140. The van der Waals surface area contributed by atoms with Crippen LogP contribution < -0.4 is 0 Å². The van der Waals surface area contributed by atoms with Crippen molar-refractivity contribution < 1.29 is 25.8 Å². The first kappa shape index (κ1) is 26.3. The van der Waals surface area contributed by atoms with E-state index in [1.165, 1.54) is 43.8 Å². The van der Waals surface area contributed by atoms with Crippen LogP contribution in [0.4, 0.5) is 0 Å². The van der Waals surface area contributed by atoms with Crippen LogP contribution in [0.15, 0.2) is 54.6 Å². The van der Waals surface area contributed by atoms with Crippen LogP contribution in [0.25, 0.3) is 27.1 Å². The number of hydrogen-bond donors (Lipinski definition) is 0. The fourth-order valence-corrected chi connectivity index (χ4v) is 4.16. The molecule has 0 unspecified atom stereocenters. The van der Waals surface area contributed by atoms with Crippen LogP contribution in [0.3, 0.4) is 0 Å². The summed E-state index contributed by atoms with van der Waals surface area (Å²) in [6, 6.07) is 14.1. The van der Waals surface area contributed by atoms with E-state index in [9.17, 15) is 0 Å². The number of halogens is 2. The van der Waals surface area contributed by atoms with Crippen LogP contribution in [0.2, 0.25) is 0 Å². The van der Waals surface area contributed by atoms with Gasteiger partial charge in [0, 0.05) is 25.8 Å². The predicted octanol–water partition coefficient (Wildman–Crippen LogP) is 8.49. The average molecular weight is 593 g/mol. The largest absolute Gasteiger partial charge is 0.147 e. The molecule has 3 heteroatoms. The van der Waals surface area contributed by atoms with Crippen molar-refractivity contribution in [2.45, 2.75) is 58.8 Å². The van der Waals surface area contributed by atoms with Crippen LogP contribution in [-0.2, 0) is 36.7 Å². The number of rotatable bonds is 1. The van der Waals surface area contributed by atoms with Gasteiger partial charge in [-0.2, -0.15) is 0 Å². The van der Waals surface area contributed by atoms with E-state index >= 15 is 0 Å². The summed E-state index contributed by atoms with van der Waals surface area (Å²) in [7, 11) is 0. The van der Waals surface area contributed by atoms with Gasteiger partial charge < -0.3 is 0 Å². The molecule has 0 saturated carbocycles. The molecular formula is C26H31Cl2Hf-. The molecule has 0 heterocycles. The van der Waals surface area contributed by atoms with Gasteiger partial charge in [-0.05, 0) is 17.3 Å². The molecule has 3 aromatic carbocycles. The second kappa shape index (κ2) is 9.16. The second-order valence-electron chi connectivity index (χ2n) is 9.72. The molecule has 0 nitrogen and oxygen atoms in total. The Labute approximate surface area is 206 Å². The fraction of sp³-hybridized carbons (Fsp3) is 0.346. The number of fused-ring (bicyclic) bond motifs is 3. The van der Waals surface area contributed by atoms with Gasteiger partial charge in [0.1, 0.15) is 0 Å². The van der Waals surface area contributed by atoms with Gasteiger partial charge in [-0.15, -0.1) is 58.5 Å². The first-order valence-corrected chi connectivity index (χ1v) is 9.69. The maximum atomic E-state index is 2.42. The van der Waals surface area contributed by atoms with E-state index in [2.05, 4.69) is 96.2 Å². The van der Waals surface area contributed by atoms with Crippen LogP contribution in [-0.4, -0.2) is 0 Å². The van der Waals surface area contributed by atoms with Gasteiger partial charge in [0.25, 0.3) is 0 Å². The zero-order valence-corrected chi connectivity index (χ0v) is 23.4. The molecule has 0 aromatic heterocycles. The van der Waals surface area contributed by atoms with Gasteiger partial charge in [0.05, 0.1) is 0 Å². The minimum atomic E-state index is 0. The Bertz CT molecular complexity index is 1070. The van der Waals surface area contributed by atoms with E-state index in [1.807, 2.05) is 0 Å². The van der Waals surface area contributed by atoms with Crippen molar-refractivity contribution in [1.82, 2.24) is 0 Å². The quantitative estimate of drug-likeness (QED) is 0.196. The first-order chi connectivity index (χ1) is 12.2. The maximum Gasteiger partial charge on any atom is 0 e. The Morgan fingerprint density at radius 1 is 0.828 bits per heavy atom. The summed E-state index contributed by atoms with van der Waals surface area (Å²) < 4.78 is 0. The van der Waals surface area contributed by atoms with Crippen molar-refractivity contribution >= 4 is 51.9 Å². The Hall–Kier alpha value is -0.760. The van der Waals surface area contributed by atoms with E-state index in [-0.39, 0.29) is 61.5 Å². The Kier molecular flexibility index (Phi) is 8.30. The van der Waals surface area contributed by atoms with Crippen molar-refractivity contribution in [2.75, 3.05) is 0 Å². The van der Waals surface area contributed by atoms with Crippen molar-refractivity contribution in [3.8, 4) is 0 Å². The zero-order chi connectivity index (χ0) is 18.7. The summed E-state index contributed by atoms with van der Waals surface area (Å²) in [5.41, 5.74) is 6.06. The molecule has 0 spiro atoms. The second-order valence-corrected chi connectivity index (χ2v) is 9.72. The third kappa shape index (κ3) is 4.78. The Morgan fingerprint density at radius 3 is 2.03 bits per heavy atom. The van der Waals surface area contributed by atoms with Crippen LogP contribution in [0.1, 0.15) is 64.7 Å². The molecule has 0 aliphatic heterocycles. The van der Waals surface area contributed by atoms with Crippen LogP contribution in [0, 0.1) is 0 Å². The summed E-state index contributed by atoms with van der Waals surface area (Å²) in [5.74, 6) is 0. The smallest absolute Gasteiger partial charge is 0 e. The predicted molar refractivity (Wildman–Crippen MR) is 131 cm³/mol. The van der Waals surface area contributed by atoms with Crippen LogP contribution in [0.5, 0.6) is 0 Å². The average Bonchev–Trinajstić information content (AvgIpc) is 3.18. The standard InChI is InChI=1S/C26H29.2ClH.Hf/c1-25(2,3)19-11-12-20-18(15-19)16-22-21(20)13-14-23(26(4,5)6)24(22)17-9-7-8-10-17;;;/h7-9,11-16H,10H2,1-6H3;2*1H;/q-1;;;. The monoisotopic (exact) mass is 593 g/mol. The SMILES string of the molecule is CC(C)(C)c1ccc2c(c1)[cH-]c1c(C3=CC=CC3)c(C(C)(C)C)ccc12.Cl.Cl.[Hf]. The molecule has 3 aromatic rings. The van der Waals surface area contributed by atoms with E-state index in [0.717, 1.165) is 6.42 Å². The van der Waals surface area contributed by atoms with E-state index < -0.39 is 0 Å². The molecule has 0 atom stereocenters. The molecular weight excluding hydrogens is 562 g/mol. The van der Waals surface area contributed by atoms with E-state index in [4.69, 9.17) is 0 Å². The van der Waals surface area contributed by atoms with Crippen LogP contribution >= 0.6 is 24.8 Å². The number of benzene rings is 2. The molecule has 1 aliphatic carbocycles. The molecule has 0 fully saturated rings. The minimum Gasteiger partial charge on any atom is -0.147 e. The van der Waals surface area contributed by atoms with Gasteiger partial charge in [-0.25, -0.2) is 0 Å². The number of allylic oxidation sites excluding steroid dienone is 4. The minimum absolute atomic E-state index is 0. The maximum absolute atomic E-state index is 2.42. The van der Waals surface area contributed by atoms with Crippen molar-refractivity contribution in [1.29, 1.82) is 0 Å². The van der Waals surface area contributed by atoms with Gasteiger partial charge in [-0.3, -0.25) is 0 Å². The zero-order valence-electron chi connectivity index (χ0n) is 18.2. The topological polar surface area (TPSA) is 0 Å². The molecule has 154 valence electrons. The molecule has 1 aliphatic rings. The Morgan fingerprint density at radius 2 is 1.48 bits per heavy atom. The summed E-state index contributed by atoms with van der Waals surface area (Å²) in [6.07, 6.45) is 7.79. The van der Waals surface area contributed by atoms with Crippen molar-refractivity contribution in [2.24, 2.45) is 0 Å². The molecule has 0 N–H and O–H groups in total. The molecule has 29 heavy (non-hydrogen) atoms. The van der Waals surface area contributed by atoms with Crippen molar-refractivity contribution in [3.05, 3.63) is 71.3 Å². The summed E-state index contributed by atoms with van der Waals surface area (Å²) in [6.45, 7) is 13.8. The summed E-state index contributed by atoms with van der Waals surface area (Å²) >= 11 is 0. The number of hydrogen-bond acceptors (Lipinski definition) is 0. The third-order valence-electron chi connectivity index (χ3n) is 5.65. The summed E-state index contributed by atoms with van der Waals surface area (Å²) in [5, 5.41) is 5.54. The fourth-order valence-electron chi connectivity index (χ4n) is 4.16. The molecule has 0 saturated heterocycles. The van der Waals surface area contributed by atoms with E-state index in [0.29, 0.717) is 0 Å². The van der Waals surface area contributed by atoms with Gasteiger partial charge in [0.2, 0.25) is 0 Å². The molecule has 4 rings (SSSR count). The summed E-state index contributed by atoms with van der Waals surface area (Å²) in [4.78, 5) is 0. The first-order valence-electron chi connectivity index (χ1n) is 9.69. The van der Waals surface area contributed by atoms with Gasteiger partial charge in [-0.1, -0.05) is 106 Å². The van der Waals surface area contributed by atoms with Gasteiger partial charge >= 0.3 is 0 Å².